The minimum atomic E-state index is -0.591. The lowest BCUT2D eigenvalue weighted by Crippen LogP contribution is -2.55. The lowest BCUT2D eigenvalue weighted by Gasteiger charge is -2.16. The van der Waals surface area contributed by atoms with Gasteiger partial charge in [-0.3, -0.25) is 0 Å². The Bertz CT molecular complexity index is 1390. The summed E-state index contributed by atoms with van der Waals surface area (Å²) < 4.78 is 3.56. The van der Waals surface area contributed by atoms with Gasteiger partial charge in [0.1, 0.15) is 0 Å². The molecule has 0 bridgehead atoms. The van der Waals surface area contributed by atoms with Crippen molar-refractivity contribution in [2.45, 2.75) is 51.7 Å². The first-order valence-electron chi connectivity index (χ1n) is 12.1. The fourth-order valence-electron chi connectivity index (χ4n) is 4.18. The predicted molar refractivity (Wildman–Crippen MR) is 141 cm³/mol. The normalized spacial score (nSPS) is 20.2. The third kappa shape index (κ3) is 6.35. The number of benzene rings is 1. The van der Waals surface area contributed by atoms with E-state index in [4.69, 9.17) is 0 Å². The third-order valence-electron chi connectivity index (χ3n) is 6.09. The molecule has 35 heavy (non-hydrogen) atoms. The topological polar surface area (TPSA) is 66.0 Å². The molecule has 0 unspecified atom stereocenters. The van der Waals surface area contributed by atoms with Crippen LogP contribution in [-0.2, 0) is 19.6 Å². The van der Waals surface area contributed by atoms with Crippen molar-refractivity contribution in [3.8, 4) is 0 Å². The summed E-state index contributed by atoms with van der Waals surface area (Å²) in [4.78, 5) is 40.4. The second-order valence-electron chi connectivity index (χ2n) is 8.74. The molecule has 0 spiro atoms. The van der Waals surface area contributed by atoms with Gasteiger partial charge >= 0.3 is 17.1 Å². The summed E-state index contributed by atoms with van der Waals surface area (Å²) in [7, 11) is 0. The number of rotatable bonds is 6. The maximum atomic E-state index is 13.5. The SMILES string of the molecule is O=c1n(CC2=C/C=C\CCC=C2)c(=O)n(Cc2ccccc2)c(=O)n1C/C1=C/C=C\C/C=C\CC1. The monoisotopic (exact) mass is 469 g/mol. The molecule has 6 heteroatoms. The van der Waals surface area contributed by atoms with Crippen LogP contribution in [0, 0.1) is 0 Å². The van der Waals surface area contributed by atoms with Crippen LogP contribution in [-0.4, -0.2) is 13.7 Å². The van der Waals surface area contributed by atoms with E-state index < -0.39 is 17.1 Å². The zero-order chi connectivity index (χ0) is 24.5. The predicted octanol–water partition coefficient (Wildman–Crippen LogP) is 4.28. The van der Waals surface area contributed by atoms with Crippen LogP contribution in [0.4, 0.5) is 0 Å². The quantitative estimate of drug-likeness (QED) is 0.594. The van der Waals surface area contributed by atoms with E-state index in [0.717, 1.165) is 48.8 Å². The van der Waals surface area contributed by atoms with E-state index in [1.165, 1.54) is 13.7 Å². The summed E-state index contributed by atoms with van der Waals surface area (Å²) in [5.41, 5.74) is 0.883. The molecule has 2 aliphatic carbocycles. The van der Waals surface area contributed by atoms with E-state index in [2.05, 4.69) is 18.2 Å². The second-order valence-corrected chi connectivity index (χ2v) is 8.74. The summed E-state index contributed by atoms with van der Waals surface area (Å²) in [6, 6.07) is 9.36. The second kappa shape index (κ2) is 12.0. The van der Waals surface area contributed by atoms with Crippen molar-refractivity contribution in [2.24, 2.45) is 0 Å². The van der Waals surface area contributed by atoms with Gasteiger partial charge in [0.05, 0.1) is 19.6 Å². The molecule has 6 nitrogen and oxygen atoms in total. The first-order chi connectivity index (χ1) is 17.1. The molecular weight excluding hydrogens is 438 g/mol. The Balaban J connectivity index is 1.81. The zero-order valence-electron chi connectivity index (χ0n) is 19.9. The van der Waals surface area contributed by atoms with Crippen LogP contribution in [0.15, 0.2) is 117 Å². The Morgan fingerprint density at radius 2 is 1.31 bits per heavy atom. The molecule has 4 rings (SSSR count). The Morgan fingerprint density at radius 3 is 2.11 bits per heavy atom. The van der Waals surface area contributed by atoms with Crippen LogP contribution in [0.3, 0.4) is 0 Å². The molecule has 1 aromatic carbocycles. The molecule has 0 aliphatic heterocycles. The van der Waals surface area contributed by atoms with Crippen molar-refractivity contribution in [2.75, 3.05) is 0 Å². The Labute approximate surface area is 204 Å². The number of allylic oxidation sites excluding steroid dienone is 12. The van der Waals surface area contributed by atoms with Gasteiger partial charge in [-0.15, -0.1) is 0 Å². The number of hydrogen-bond donors (Lipinski definition) is 0. The van der Waals surface area contributed by atoms with Crippen molar-refractivity contribution < 1.29 is 0 Å². The van der Waals surface area contributed by atoms with Crippen molar-refractivity contribution in [3.63, 3.8) is 0 Å². The average molecular weight is 470 g/mol. The number of aromatic nitrogens is 3. The Hall–Kier alpha value is -3.93. The fourth-order valence-corrected chi connectivity index (χ4v) is 4.18. The van der Waals surface area contributed by atoms with Gasteiger partial charge in [0.15, 0.2) is 0 Å². The van der Waals surface area contributed by atoms with E-state index in [9.17, 15) is 14.4 Å². The molecule has 0 N–H and O–H groups in total. The molecule has 2 aromatic rings. The average Bonchev–Trinajstić information content (AvgIpc) is 2.98. The van der Waals surface area contributed by atoms with Gasteiger partial charge in [0.25, 0.3) is 0 Å². The van der Waals surface area contributed by atoms with E-state index in [1.807, 2.05) is 72.9 Å². The maximum absolute atomic E-state index is 13.5. The molecule has 0 amide bonds. The van der Waals surface area contributed by atoms with Gasteiger partial charge < -0.3 is 0 Å². The van der Waals surface area contributed by atoms with Gasteiger partial charge in [-0.05, 0) is 48.8 Å². The highest BCUT2D eigenvalue weighted by Crippen LogP contribution is 2.11. The molecule has 180 valence electrons. The Kier molecular flexibility index (Phi) is 8.28. The maximum Gasteiger partial charge on any atom is 0.336 e. The largest absolute Gasteiger partial charge is 0.336 e. The van der Waals surface area contributed by atoms with E-state index in [1.54, 1.807) is 0 Å². The van der Waals surface area contributed by atoms with Crippen LogP contribution in [0.2, 0.25) is 0 Å². The molecule has 0 saturated heterocycles. The molecule has 0 radical (unpaired) electrons. The molecular formula is C29H31N3O3. The highest BCUT2D eigenvalue weighted by Gasteiger charge is 2.17. The van der Waals surface area contributed by atoms with Gasteiger partial charge in [-0.2, -0.15) is 0 Å². The minimum Gasteiger partial charge on any atom is -0.247 e. The Morgan fingerprint density at radius 1 is 0.629 bits per heavy atom. The fraction of sp³-hybridized carbons (Fsp3) is 0.276. The van der Waals surface area contributed by atoms with Gasteiger partial charge in [-0.25, -0.2) is 28.1 Å². The standard InChI is InChI=1S/C29H31N3O3/c33-27-30(21-24-15-9-4-1-2-5-10-16-24)28(34)32(23-26-19-13-8-14-20-26)29(35)31(27)22-25-17-11-6-3-7-12-18-25/h1,4-6,8,10-14,16-20H,2-3,7,9,15,21-23H2/b4-1-,10-5-,11-6-,18-12?,24-16+,25-17?. The van der Waals surface area contributed by atoms with Crippen LogP contribution >= 0.6 is 0 Å². The molecule has 0 atom stereocenters. The summed E-state index contributed by atoms with van der Waals surface area (Å²) >= 11 is 0. The van der Waals surface area contributed by atoms with Crippen LogP contribution in [0.25, 0.3) is 0 Å². The highest BCUT2D eigenvalue weighted by molar-refractivity contribution is 5.25. The van der Waals surface area contributed by atoms with Gasteiger partial charge in [-0.1, -0.05) is 91.1 Å². The van der Waals surface area contributed by atoms with E-state index >= 15 is 0 Å². The molecule has 1 heterocycles. The van der Waals surface area contributed by atoms with Gasteiger partial charge in [0, 0.05) is 0 Å². The molecule has 0 fully saturated rings. The summed E-state index contributed by atoms with van der Waals surface area (Å²) in [6.07, 6.45) is 24.4. The molecule has 1 aromatic heterocycles. The summed E-state index contributed by atoms with van der Waals surface area (Å²) in [6.45, 7) is 0.365. The first-order valence-corrected chi connectivity index (χ1v) is 12.1. The lowest BCUT2D eigenvalue weighted by atomic mass is 10.1. The van der Waals surface area contributed by atoms with E-state index in [0.29, 0.717) is 0 Å². The van der Waals surface area contributed by atoms with E-state index in [-0.39, 0.29) is 19.6 Å². The zero-order valence-corrected chi connectivity index (χ0v) is 19.9. The van der Waals surface area contributed by atoms with Gasteiger partial charge in [0.2, 0.25) is 0 Å². The van der Waals surface area contributed by atoms with Crippen molar-refractivity contribution in [3.05, 3.63) is 139 Å². The third-order valence-corrected chi connectivity index (χ3v) is 6.09. The van der Waals surface area contributed by atoms with Crippen LogP contribution < -0.4 is 17.1 Å². The number of hydrogen-bond acceptors (Lipinski definition) is 3. The van der Waals surface area contributed by atoms with Crippen molar-refractivity contribution >= 4 is 0 Å². The molecule has 2 aliphatic rings. The summed E-state index contributed by atoms with van der Waals surface area (Å²) in [5, 5.41) is 0. The summed E-state index contributed by atoms with van der Waals surface area (Å²) in [5.74, 6) is 0. The van der Waals surface area contributed by atoms with Crippen LogP contribution in [0.5, 0.6) is 0 Å². The smallest absolute Gasteiger partial charge is 0.247 e. The van der Waals surface area contributed by atoms with Crippen molar-refractivity contribution in [1.29, 1.82) is 0 Å². The highest BCUT2D eigenvalue weighted by atomic mass is 16.2. The number of nitrogens with zero attached hydrogens (tertiary/aromatic N) is 3. The van der Waals surface area contributed by atoms with Crippen molar-refractivity contribution in [1.82, 2.24) is 13.7 Å². The minimum absolute atomic E-state index is 0.106. The van der Waals surface area contributed by atoms with Crippen LogP contribution in [0.1, 0.15) is 37.7 Å². The lowest BCUT2D eigenvalue weighted by molar-refractivity contribution is 0.486. The molecule has 0 saturated carbocycles. The first kappa shape index (κ1) is 24.2.